The molecule has 3 aliphatic rings. The quantitative estimate of drug-likeness (QED) is 0.824. The third-order valence-electron chi connectivity index (χ3n) is 5.63. The standard InChI is InChI=1S/C17H23F3N4/c1-11(2)22-6-7-23-15(10-22)24(13-4-3-5-13)14-8-12(17(18,19)20)9-21-16(14)23/h8-9,11,13,15H,3-7,10H2,1-2H3. The Morgan fingerprint density at radius 1 is 1.21 bits per heavy atom. The molecule has 1 atom stereocenters. The van der Waals surface area contributed by atoms with E-state index in [0.29, 0.717) is 17.8 Å². The molecule has 4 nitrogen and oxygen atoms in total. The lowest BCUT2D eigenvalue weighted by atomic mass is 9.90. The molecule has 0 amide bonds. The zero-order chi connectivity index (χ0) is 17.1. The van der Waals surface area contributed by atoms with Gasteiger partial charge in [0.05, 0.1) is 11.3 Å². The van der Waals surface area contributed by atoms with Gasteiger partial charge in [-0.1, -0.05) is 0 Å². The van der Waals surface area contributed by atoms with E-state index in [0.717, 1.165) is 50.9 Å². The average molecular weight is 340 g/mol. The van der Waals surface area contributed by atoms with Gasteiger partial charge in [-0.2, -0.15) is 13.2 Å². The highest BCUT2D eigenvalue weighted by atomic mass is 19.4. The molecule has 1 aromatic rings. The Morgan fingerprint density at radius 2 is 1.96 bits per heavy atom. The molecule has 1 unspecified atom stereocenters. The fraction of sp³-hybridized carbons (Fsp3) is 0.706. The Morgan fingerprint density at radius 3 is 2.54 bits per heavy atom. The first kappa shape index (κ1) is 16.0. The maximum atomic E-state index is 13.1. The highest BCUT2D eigenvalue weighted by Gasteiger charge is 2.46. The minimum Gasteiger partial charge on any atom is -0.344 e. The van der Waals surface area contributed by atoms with Gasteiger partial charge in [-0.15, -0.1) is 0 Å². The largest absolute Gasteiger partial charge is 0.417 e. The minimum absolute atomic E-state index is 0.109. The lowest BCUT2D eigenvalue weighted by molar-refractivity contribution is -0.137. The van der Waals surface area contributed by atoms with Crippen molar-refractivity contribution in [3.8, 4) is 0 Å². The van der Waals surface area contributed by atoms with Crippen LogP contribution in [-0.4, -0.2) is 47.8 Å². The molecule has 7 heteroatoms. The minimum atomic E-state index is -4.35. The molecular weight excluding hydrogens is 317 g/mol. The van der Waals surface area contributed by atoms with E-state index >= 15 is 0 Å². The number of hydrogen-bond donors (Lipinski definition) is 0. The molecule has 2 aliphatic heterocycles. The monoisotopic (exact) mass is 340 g/mol. The second kappa shape index (κ2) is 5.51. The maximum Gasteiger partial charge on any atom is 0.417 e. The van der Waals surface area contributed by atoms with Crippen LogP contribution in [0.15, 0.2) is 12.3 Å². The Hall–Kier alpha value is -1.50. The summed E-state index contributed by atoms with van der Waals surface area (Å²) in [6.45, 7) is 6.94. The van der Waals surface area contributed by atoms with E-state index in [1.807, 2.05) is 0 Å². The van der Waals surface area contributed by atoms with Crippen molar-refractivity contribution in [2.45, 2.75) is 57.5 Å². The third-order valence-corrected chi connectivity index (χ3v) is 5.63. The summed E-state index contributed by atoms with van der Waals surface area (Å²) in [4.78, 5) is 11.0. The van der Waals surface area contributed by atoms with Crippen LogP contribution < -0.4 is 9.80 Å². The van der Waals surface area contributed by atoms with Crippen molar-refractivity contribution in [2.75, 3.05) is 29.4 Å². The Balaban J connectivity index is 1.73. The summed E-state index contributed by atoms with van der Waals surface area (Å²) in [5.74, 6) is 0.725. The van der Waals surface area contributed by atoms with Gasteiger partial charge < -0.3 is 9.80 Å². The van der Waals surface area contributed by atoms with Crippen molar-refractivity contribution in [3.63, 3.8) is 0 Å². The zero-order valence-corrected chi connectivity index (χ0v) is 14.1. The second-order valence-electron chi connectivity index (χ2n) is 7.32. The van der Waals surface area contributed by atoms with Crippen molar-refractivity contribution in [3.05, 3.63) is 17.8 Å². The number of aromatic nitrogens is 1. The van der Waals surface area contributed by atoms with Gasteiger partial charge in [0.15, 0.2) is 5.82 Å². The van der Waals surface area contributed by atoms with Crippen LogP contribution in [0, 0.1) is 0 Å². The third kappa shape index (κ3) is 2.44. The van der Waals surface area contributed by atoms with Crippen molar-refractivity contribution in [1.29, 1.82) is 0 Å². The number of halogens is 3. The summed E-state index contributed by atoms with van der Waals surface area (Å²) in [5.41, 5.74) is 0.0243. The average Bonchev–Trinajstić information content (AvgIpc) is 2.78. The number of alkyl halides is 3. The molecular formula is C17H23F3N4. The van der Waals surface area contributed by atoms with E-state index in [9.17, 15) is 13.2 Å². The van der Waals surface area contributed by atoms with E-state index in [1.54, 1.807) is 0 Å². The molecule has 2 fully saturated rings. The first-order valence-corrected chi connectivity index (χ1v) is 8.72. The number of nitrogens with zero attached hydrogens (tertiary/aromatic N) is 4. The van der Waals surface area contributed by atoms with Gasteiger partial charge >= 0.3 is 6.18 Å². The molecule has 132 valence electrons. The topological polar surface area (TPSA) is 22.6 Å². The van der Waals surface area contributed by atoms with Crippen LogP contribution in [0.5, 0.6) is 0 Å². The van der Waals surface area contributed by atoms with Crippen LogP contribution in [0.4, 0.5) is 24.7 Å². The fourth-order valence-electron chi connectivity index (χ4n) is 4.02. The van der Waals surface area contributed by atoms with Crippen LogP contribution >= 0.6 is 0 Å². The molecule has 0 bridgehead atoms. The molecule has 0 spiro atoms. The number of fused-ring (bicyclic) bond motifs is 3. The van der Waals surface area contributed by atoms with Crippen molar-refractivity contribution in [1.82, 2.24) is 9.88 Å². The molecule has 24 heavy (non-hydrogen) atoms. The Labute approximate surface area is 140 Å². The highest BCUT2D eigenvalue weighted by molar-refractivity contribution is 5.75. The van der Waals surface area contributed by atoms with E-state index in [2.05, 4.69) is 33.5 Å². The fourth-order valence-corrected chi connectivity index (χ4v) is 4.02. The van der Waals surface area contributed by atoms with Gasteiger partial charge in [0.2, 0.25) is 0 Å². The van der Waals surface area contributed by atoms with Crippen LogP contribution in [0.25, 0.3) is 0 Å². The predicted octanol–water partition coefficient (Wildman–Crippen LogP) is 3.33. The lowest BCUT2D eigenvalue weighted by Crippen LogP contribution is -2.61. The van der Waals surface area contributed by atoms with Crippen LogP contribution in [-0.2, 0) is 6.18 Å². The number of pyridine rings is 1. The molecule has 0 N–H and O–H groups in total. The summed E-state index contributed by atoms with van der Waals surface area (Å²) in [6, 6.07) is 2.09. The number of hydrogen-bond acceptors (Lipinski definition) is 4. The summed E-state index contributed by atoms with van der Waals surface area (Å²) < 4.78 is 39.4. The molecule has 0 aromatic carbocycles. The molecule has 1 aliphatic carbocycles. The van der Waals surface area contributed by atoms with Crippen LogP contribution in [0.2, 0.25) is 0 Å². The van der Waals surface area contributed by atoms with Gasteiger partial charge in [-0.3, -0.25) is 4.90 Å². The van der Waals surface area contributed by atoms with Crippen LogP contribution in [0.1, 0.15) is 38.7 Å². The molecule has 1 saturated heterocycles. The van der Waals surface area contributed by atoms with Gasteiger partial charge in [0.1, 0.15) is 6.17 Å². The normalized spacial score (nSPS) is 25.0. The smallest absolute Gasteiger partial charge is 0.344 e. The first-order chi connectivity index (χ1) is 11.4. The summed E-state index contributed by atoms with van der Waals surface area (Å²) in [5, 5.41) is 0. The Bertz CT molecular complexity index is 627. The lowest BCUT2D eigenvalue weighted by Gasteiger charge is -2.47. The van der Waals surface area contributed by atoms with Gasteiger partial charge in [0, 0.05) is 37.9 Å². The summed E-state index contributed by atoms with van der Waals surface area (Å²) in [7, 11) is 0. The second-order valence-corrected chi connectivity index (χ2v) is 7.32. The highest BCUT2D eigenvalue weighted by Crippen LogP contribution is 2.46. The SMILES string of the molecule is CC(C)N1CCN2c3ncc(C(F)(F)F)cc3N(C3CCC3)C2C1. The summed E-state index contributed by atoms with van der Waals surface area (Å²) in [6.07, 6.45) is 0.0138. The zero-order valence-electron chi connectivity index (χ0n) is 14.1. The molecule has 3 heterocycles. The van der Waals surface area contributed by atoms with E-state index in [-0.39, 0.29) is 6.17 Å². The van der Waals surface area contributed by atoms with Crippen LogP contribution in [0.3, 0.4) is 0 Å². The first-order valence-electron chi connectivity index (χ1n) is 8.72. The van der Waals surface area contributed by atoms with Crippen molar-refractivity contribution >= 4 is 11.5 Å². The van der Waals surface area contributed by atoms with E-state index in [4.69, 9.17) is 0 Å². The maximum absolute atomic E-state index is 13.1. The molecule has 0 radical (unpaired) electrons. The number of rotatable bonds is 2. The molecule has 4 rings (SSSR count). The predicted molar refractivity (Wildman–Crippen MR) is 87.2 cm³/mol. The van der Waals surface area contributed by atoms with Gasteiger partial charge in [-0.25, -0.2) is 4.98 Å². The number of anilines is 2. The van der Waals surface area contributed by atoms with E-state index in [1.165, 1.54) is 6.07 Å². The van der Waals surface area contributed by atoms with E-state index < -0.39 is 11.7 Å². The van der Waals surface area contributed by atoms with Gasteiger partial charge in [-0.05, 0) is 39.2 Å². The molecule has 1 saturated carbocycles. The van der Waals surface area contributed by atoms with Gasteiger partial charge in [0.25, 0.3) is 0 Å². The van der Waals surface area contributed by atoms with Crippen molar-refractivity contribution in [2.24, 2.45) is 0 Å². The number of piperazine rings is 1. The summed E-state index contributed by atoms with van der Waals surface area (Å²) >= 11 is 0. The van der Waals surface area contributed by atoms with Crippen molar-refractivity contribution < 1.29 is 13.2 Å². The molecule has 1 aromatic heterocycles. The Kier molecular flexibility index (Phi) is 3.67.